The van der Waals surface area contributed by atoms with Crippen molar-refractivity contribution in [2.24, 2.45) is 5.92 Å². The van der Waals surface area contributed by atoms with Gasteiger partial charge in [-0.2, -0.15) is 5.26 Å². The zero-order chi connectivity index (χ0) is 17.6. The Morgan fingerprint density at radius 3 is 2.80 bits per heavy atom. The predicted molar refractivity (Wildman–Crippen MR) is 92.6 cm³/mol. The van der Waals surface area contributed by atoms with Gasteiger partial charge in [0.1, 0.15) is 6.04 Å². The van der Waals surface area contributed by atoms with E-state index in [4.69, 9.17) is 5.26 Å². The molecular formula is C19H22N4O2. The number of amides is 2. The molecule has 1 aliphatic heterocycles. The Kier molecular flexibility index (Phi) is 5.46. The molecule has 25 heavy (non-hydrogen) atoms. The van der Waals surface area contributed by atoms with Crippen LogP contribution < -0.4 is 10.7 Å². The highest BCUT2D eigenvalue weighted by atomic mass is 16.2. The standard InChI is InChI=1S/C19H22N4O2/c20-12-15-8-5-11-23(15)22-19(25)17-10-4-9-16(17)18(24)21-13-14-6-2-1-3-7-14/h1-3,6-7,9,15,17H,4-5,8,10-11,13H2,(H,21,24)(H,22,25)/t15-,17?/m0/s1. The van der Waals surface area contributed by atoms with E-state index in [1.165, 1.54) is 0 Å². The Balaban J connectivity index is 1.57. The number of benzene rings is 1. The molecule has 1 aliphatic carbocycles. The van der Waals surface area contributed by atoms with Gasteiger partial charge in [0.15, 0.2) is 0 Å². The van der Waals surface area contributed by atoms with Crippen LogP contribution in [0.4, 0.5) is 0 Å². The van der Waals surface area contributed by atoms with E-state index in [9.17, 15) is 9.59 Å². The van der Waals surface area contributed by atoms with Crippen molar-refractivity contribution in [2.75, 3.05) is 6.54 Å². The Hall–Kier alpha value is -2.65. The minimum atomic E-state index is -0.448. The number of carbonyl (C=O) groups is 2. The average molecular weight is 338 g/mol. The zero-order valence-corrected chi connectivity index (χ0v) is 14.1. The molecule has 1 aromatic rings. The second-order valence-corrected chi connectivity index (χ2v) is 6.41. The maximum atomic E-state index is 12.6. The van der Waals surface area contributed by atoms with Crippen LogP contribution >= 0.6 is 0 Å². The minimum absolute atomic E-state index is 0.194. The molecule has 1 fully saturated rings. The summed E-state index contributed by atoms with van der Waals surface area (Å²) in [6, 6.07) is 11.6. The molecule has 0 bridgehead atoms. The van der Waals surface area contributed by atoms with E-state index in [2.05, 4.69) is 16.8 Å². The summed E-state index contributed by atoms with van der Waals surface area (Å²) in [4.78, 5) is 25.0. The van der Waals surface area contributed by atoms with Gasteiger partial charge in [-0.25, -0.2) is 5.01 Å². The second kappa shape index (κ2) is 7.95. The number of nitrogens with zero attached hydrogens (tertiary/aromatic N) is 2. The van der Waals surface area contributed by atoms with Crippen molar-refractivity contribution in [3.63, 3.8) is 0 Å². The summed E-state index contributed by atoms with van der Waals surface area (Å²) in [7, 11) is 0. The van der Waals surface area contributed by atoms with Crippen LogP contribution in [-0.2, 0) is 16.1 Å². The number of hydrogen-bond acceptors (Lipinski definition) is 4. The third kappa shape index (κ3) is 4.06. The normalized spacial score (nSPS) is 22.9. The molecule has 1 aromatic carbocycles. The molecule has 0 radical (unpaired) electrons. The molecule has 3 rings (SSSR count). The van der Waals surface area contributed by atoms with E-state index >= 15 is 0 Å². The van der Waals surface area contributed by atoms with Gasteiger partial charge >= 0.3 is 0 Å². The van der Waals surface area contributed by atoms with Gasteiger partial charge in [0.05, 0.1) is 12.0 Å². The average Bonchev–Trinajstić information content (AvgIpc) is 3.29. The van der Waals surface area contributed by atoms with Crippen molar-refractivity contribution in [3.8, 4) is 6.07 Å². The van der Waals surface area contributed by atoms with Gasteiger partial charge in [0.25, 0.3) is 0 Å². The molecule has 0 aromatic heterocycles. The third-order valence-corrected chi connectivity index (χ3v) is 4.73. The fraction of sp³-hybridized carbons (Fsp3) is 0.421. The molecule has 0 saturated carbocycles. The number of carbonyl (C=O) groups excluding carboxylic acids is 2. The van der Waals surface area contributed by atoms with Crippen molar-refractivity contribution >= 4 is 11.8 Å². The van der Waals surface area contributed by atoms with Crippen LogP contribution in [0.3, 0.4) is 0 Å². The first-order valence-electron chi connectivity index (χ1n) is 8.68. The molecule has 6 heteroatoms. The van der Waals surface area contributed by atoms with Gasteiger partial charge < -0.3 is 5.32 Å². The first-order valence-corrected chi connectivity index (χ1v) is 8.68. The van der Waals surface area contributed by atoms with Crippen molar-refractivity contribution in [1.29, 1.82) is 5.26 Å². The van der Waals surface area contributed by atoms with Crippen LogP contribution in [0, 0.1) is 17.2 Å². The lowest BCUT2D eigenvalue weighted by Crippen LogP contribution is -2.47. The predicted octanol–water partition coefficient (Wildman–Crippen LogP) is 1.66. The number of hydrazine groups is 1. The molecule has 2 atom stereocenters. The van der Waals surface area contributed by atoms with Crippen LogP contribution in [0.5, 0.6) is 0 Å². The number of rotatable bonds is 5. The SMILES string of the molecule is N#C[C@@H]1CCCN1NC(=O)C1CCC=C1C(=O)NCc1ccccc1. The van der Waals surface area contributed by atoms with Crippen molar-refractivity contribution in [2.45, 2.75) is 38.3 Å². The highest BCUT2D eigenvalue weighted by molar-refractivity contribution is 6.00. The van der Waals surface area contributed by atoms with Crippen LogP contribution in [0.1, 0.15) is 31.2 Å². The van der Waals surface area contributed by atoms with E-state index in [1.807, 2.05) is 36.4 Å². The van der Waals surface area contributed by atoms with Gasteiger partial charge in [-0.1, -0.05) is 36.4 Å². The fourth-order valence-corrected chi connectivity index (χ4v) is 3.36. The third-order valence-electron chi connectivity index (χ3n) is 4.73. The summed E-state index contributed by atoms with van der Waals surface area (Å²) in [5.41, 5.74) is 4.38. The lowest BCUT2D eigenvalue weighted by atomic mass is 10.00. The van der Waals surface area contributed by atoms with Crippen molar-refractivity contribution < 1.29 is 9.59 Å². The summed E-state index contributed by atoms with van der Waals surface area (Å²) in [6.07, 6.45) is 4.85. The highest BCUT2D eigenvalue weighted by Gasteiger charge is 2.33. The van der Waals surface area contributed by atoms with E-state index in [0.717, 1.165) is 18.4 Å². The molecule has 2 amide bonds. The molecule has 2 N–H and O–H groups in total. The molecule has 1 saturated heterocycles. The maximum Gasteiger partial charge on any atom is 0.247 e. The Morgan fingerprint density at radius 1 is 1.24 bits per heavy atom. The quantitative estimate of drug-likeness (QED) is 0.855. The summed E-state index contributed by atoms with van der Waals surface area (Å²) in [5, 5.41) is 13.7. The molecule has 0 spiro atoms. The van der Waals surface area contributed by atoms with Crippen LogP contribution in [0.15, 0.2) is 42.0 Å². The largest absolute Gasteiger partial charge is 0.348 e. The van der Waals surface area contributed by atoms with E-state index in [-0.39, 0.29) is 17.9 Å². The molecule has 1 unspecified atom stereocenters. The van der Waals surface area contributed by atoms with Gasteiger partial charge in [-0.05, 0) is 31.2 Å². The smallest absolute Gasteiger partial charge is 0.247 e. The second-order valence-electron chi connectivity index (χ2n) is 6.41. The van der Waals surface area contributed by atoms with Gasteiger partial charge in [0, 0.05) is 18.7 Å². The van der Waals surface area contributed by atoms with E-state index in [1.54, 1.807) is 5.01 Å². The summed E-state index contributed by atoms with van der Waals surface area (Å²) >= 11 is 0. The molecule has 6 nitrogen and oxygen atoms in total. The van der Waals surface area contributed by atoms with Crippen LogP contribution in [0.25, 0.3) is 0 Å². The van der Waals surface area contributed by atoms with Crippen LogP contribution in [-0.4, -0.2) is 29.4 Å². The number of nitrogens with one attached hydrogen (secondary N) is 2. The zero-order valence-electron chi connectivity index (χ0n) is 14.1. The van der Waals surface area contributed by atoms with Gasteiger partial charge in [-0.15, -0.1) is 0 Å². The minimum Gasteiger partial charge on any atom is -0.348 e. The Labute approximate surface area is 147 Å². The molecule has 2 aliphatic rings. The molecular weight excluding hydrogens is 316 g/mol. The van der Waals surface area contributed by atoms with E-state index < -0.39 is 5.92 Å². The number of hydrogen-bond donors (Lipinski definition) is 2. The molecule has 1 heterocycles. The fourth-order valence-electron chi connectivity index (χ4n) is 3.36. The van der Waals surface area contributed by atoms with Crippen molar-refractivity contribution in [3.05, 3.63) is 47.5 Å². The lowest BCUT2D eigenvalue weighted by molar-refractivity contribution is -0.130. The highest BCUT2D eigenvalue weighted by Crippen LogP contribution is 2.27. The van der Waals surface area contributed by atoms with Gasteiger partial charge in [0.2, 0.25) is 11.8 Å². The monoisotopic (exact) mass is 338 g/mol. The Morgan fingerprint density at radius 2 is 2.04 bits per heavy atom. The summed E-state index contributed by atoms with van der Waals surface area (Å²) in [6.45, 7) is 1.12. The molecule has 130 valence electrons. The lowest BCUT2D eigenvalue weighted by Gasteiger charge is -2.23. The number of allylic oxidation sites excluding steroid dienone is 1. The van der Waals surface area contributed by atoms with E-state index in [0.29, 0.717) is 31.5 Å². The topological polar surface area (TPSA) is 85.2 Å². The van der Waals surface area contributed by atoms with Crippen molar-refractivity contribution in [1.82, 2.24) is 15.8 Å². The van der Waals surface area contributed by atoms with Crippen LogP contribution in [0.2, 0.25) is 0 Å². The number of nitriles is 1. The Bertz CT molecular complexity index is 708. The van der Waals surface area contributed by atoms with Gasteiger partial charge in [-0.3, -0.25) is 15.0 Å². The summed E-state index contributed by atoms with van der Waals surface area (Å²) in [5.74, 6) is -0.837. The summed E-state index contributed by atoms with van der Waals surface area (Å²) < 4.78 is 0. The maximum absolute atomic E-state index is 12.6. The first kappa shape index (κ1) is 17.2. The first-order chi connectivity index (χ1) is 12.2.